The summed E-state index contributed by atoms with van der Waals surface area (Å²) in [5.74, 6) is 7.17. The van der Waals surface area contributed by atoms with E-state index in [1.807, 2.05) is 7.05 Å². The molecular weight excluding hydrogens is 190 g/mol. The van der Waals surface area contributed by atoms with Gasteiger partial charge in [-0.25, -0.2) is 0 Å². The number of aromatic nitrogens is 2. The molecule has 15 heavy (non-hydrogen) atoms. The van der Waals surface area contributed by atoms with Crippen LogP contribution in [0, 0.1) is 5.92 Å². The largest absolute Gasteiger partial charge is 0.384 e. The third-order valence-corrected chi connectivity index (χ3v) is 3.15. The highest BCUT2D eigenvalue weighted by molar-refractivity contribution is 5.40. The van der Waals surface area contributed by atoms with Crippen LogP contribution >= 0.6 is 0 Å². The highest BCUT2D eigenvalue weighted by atomic mass is 15.3. The van der Waals surface area contributed by atoms with E-state index in [0.29, 0.717) is 5.82 Å². The number of nitrogens with two attached hydrogens (primary N) is 2. The van der Waals surface area contributed by atoms with Crippen LogP contribution in [-0.4, -0.2) is 9.78 Å². The third-order valence-electron chi connectivity index (χ3n) is 3.15. The Labute approximate surface area is 89.8 Å². The van der Waals surface area contributed by atoms with Gasteiger partial charge in [0.15, 0.2) is 0 Å². The van der Waals surface area contributed by atoms with Gasteiger partial charge in [0, 0.05) is 12.6 Å². The van der Waals surface area contributed by atoms with Crippen molar-refractivity contribution in [1.82, 2.24) is 15.2 Å². The van der Waals surface area contributed by atoms with E-state index in [0.717, 1.165) is 17.9 Å². The maximum atomic E-state index is 5.91. The standard InChI is InChI=1S/C10H19N5/c1-15-10(11)8(6-13-15)9(14-12)5-4-7-2-3-7/h6-7,9,14H,2-5,11-12H2,1H3. The highest BCUT2D eigenvalue weighted by Crippen LogP contribution is 2.36. The lowest BCUT2D eigenvalue weighted by atomic mass is 10.0. The average Bonchev–Trinajstić information content (AvgIpc) is 3.00. The molecule has 1 aliphatic rings. The van der Waals surface area contributed by atoms with Crippen LogP contribution in [0.1, 0.15) is 37.3 Å². The summed E-state index contributed by atoms with van der Waals surface area (Å²) < 4.78 is 1.68. The molecule has 2 rings (SSSR count). The Hall–Kier alpha value is -1.07. The molecule has 0 aliphatic heterocycles. The Morgan fingerprint density at radius 2 is 2.40 bits per heavy atom. The smallest absolute Gasteiger partial charge is 0.126 e. The number of hydrazine groups is 1. The molecule has 5 heteroatoms. The minimum absolute atomic E-state index is 0.138. The molecule has 0 amide bonds. The molecule has 1 unspecified atom stereocenters. The molecule has 1 aromatic rings. The molecule has 0 aromatic carbocycles. The predicted octanol–water partition coefficient (Wildman–Crippen LogP) is 0.697. The van der Waals surface area contributed by atoms with E-state index in [1.165, 1.54) is 19.3 Å². The maximum Gasteiger partial charge on any atom is 0.126 e. The highest BCUT2D eigenvalue weighted by Gasteiger charge is 2.24. The minimum Gasteiger partial charge on any atom is -0.384 e. The number of nitrogens with one attached hydrogen (secondary N) is 1. The fourth-order valence-electron chi connectivity index (χ4n) is 1.87. The van der Waals surface area contributed by atoms with Gasteiger partial charge in [0.05, 0.1) is 12.2 Å². The molecule has 1 aromatic heterocycles. The van der Waals surface area contributed by atoms with Crippen LogP contribution in [0.25, 0.3) is 0 Å². The summed E-state index contributed by atoms with van der Waals surface area (Å²) in [7, 11) is 1.84. The normalized spacial score (nSPS) is 18.0. The van der Waals surface area contributed by atoms with Crippen LogP contribution in [0.5, 0.6) is 0 Å². The lowest BCUT2D eigenvalue weighted by Crippen LogP contribution is -2.28. The Kier molecular flexibility index (Phi) is 2.93. The molecule has 84 valence electrons. The minimum atomic E-state index is 0.138. The zero-order valence-corrected chi connectivity index (χ0v) is 9.11. The summed E-state index contributed by atoms with van der Waals surface area (Å²) in [6, 6.07) is 0.138. The summed E-state index contributed by atoms with van der Waals surface area (Å²) in [6.07, 6.45) is 6.81. The Balaban J connectivity index is 2.00. The number of hydrogen-bond acceptors (Lipinski definition) is 4. The van der Waals surface area contributed by atoms with Crippen LogP contribution in [0.3, 0.4) is 0 Å². The van der Waals surface area contributed by atoms with Gasteiger partial charge >= 0.3 is 0 Å². The van der Waals surface area contributed by atoms with Crippen LogP contribution < -0.4 is 17.0 Å². The molecule has 0 saturated heterocycles. The van der Waals surface area contributed by atoms with Gasteiger partial charge in [0.25, 0.3) is 0 Å². The summed E-state index contributed by atoms with van der Waals surface area (Å²) in [5, 5.41) is 4.12. The molecule has 1 saturated carbocycles. The van der Waals surface area contributed by atoms with Crippen molar-refractivity contribution in [3.8, 4) is 0 Å². The molecule has 1 heterocycles. The van der Waals surface area contributed by atoms with Crippen LogP contribution in [0.4, 0.5) is 5.82 Å². The van der Waals surface area contributed by atoms with Crippen molar-refractivity contribution in [2.24, 2.45) is 18.8 Å². The fraction of sp³-hybridized carbons (Fsp3) is 0.700. The topological polar surface area (TPSA) is 81.9 Å². The number of anilines is 1. The molecule has 1 aliphatic carbocycles. The molecule has 5 nitrogen and oxygen atoms in total. The van der Waals surface area contributed by atoms with Crippen LogP contribution in [-0.2, 0) is 7.05 Å². The van der Waals surface area contributed by atoms with E-state index in [4.69, 9.17) is 11.6 Å². The fourth-order valence-corrected chi connectivity index (χ4v) is 1.87. The number of hydrogen-bond donors (Lipinski definition) is 3. The molecule has 0 bridgehead atoms. The molecule has 0 spiro atoms. The zero-order valence-electron chi connectivity index (χ0n) is 9.11. The summed E-state index contributed by atoms with van der Waals surface area (Å²) in [5.41, 5.74) is 9.74. The van der Waals surface area contributed by atoms with Gasteiger partial charge in [-0.1, -0.05) is 12.8 Å². The average molecular weight is 209 g/mol. The van der Waals surface area contributed by atoms with Gasteiger partial charge in [-0.2, -0.15) is 5.10 Å². The SMILES string of the molecule is Cn1ncc(C(CCC2CC2)NN)c1N. The molecule has 5 N–H and O–H groups in total. The molecule has 1 atom stereocenters. The number of nitrogens with zero attached hydrogens (tertiary/aromatic N) is 2. The molecule has 1 fully saturated rings. The number of rotatable bonds is 5. The second-order valence-electron chi connectivity index (χ2n) is 4.35. The van der Waals surface area contributed by atoms with Gasteiger partial charge in [-0.15, -0.1) is 0 Å². The lowest BCUT2D eigenvalue weighted by molar-refractivity contribution is 0.483. The van der Waals surface area contributed by atoms with Gasteiger partial charge in [0.2, 0.25) is 0 Å². The first-order valence-electron chi connectivity index (χ1n) is 5.46. The first-order valence-corrected chi connectivity index (χ1v) is 5.46. The van der Waals surface area contributed by atoms with E-state index in [2.05, 4.69) is 10.5 Å². The van der Waals surface area contributed by atoms with Crippen molar-refractivity contribution in [2.75, 3.05) is 5.73 Å². The maximum absolute atomic E-state index is 5.91. The van der Waals surface area contributed by atoms with Crippen molar-refractivity contribution in [3.63, 3.8) is 0 Å². The van der Waals surface area contributed by atoms with Crippen molar-refractivity contribution in [1.29, 1.82) is 0 Å². The van der Waals surface area contributed by atoms with E-state index < -0.39 is 0 Å². The number of nitrogen functional groups attached to an aromatic ring is 1. The predicted molar refractivity (Wildman–Crippen MR) is 59.6 cm³/mol. The molecule has 0 radical (unpaired) electrons. The number of aryl methyl sites for hydroxylation is 1. The lowest BCUT2D eigenvalue weighted by Gasteiger charge is -2.14. The monoisotopic (exact) mass is 209 g/mol. The van der Waals surface area contributed by atoms with E-state index >= 15 is 0 Å². The van der Waals surface area contributed by atoms with E-state index in [9.17, 15) is 0 Å². The Bertz CT molecular complexity index is 329. The van der Waals surface area contributed by atoms with Gasteiger partial charge in [0.1, 0.15) is 5.82 Å². The first-order chi connectivity index (χ1) is 7.22. The second-order valence-corrected chi connectivity index (χ2v) is 4.35. The zero-order chi connectivity index (χ0) is 10.8. The molecular formula is C10H19N5. The van der Waals surface area contributed by atoms with Crippen molar-refractivity contribution < 1.29 is 0 Å². The van der Waals surface area contributed by atoms with Gasteiger partial charge < -0.3 is 5.73 Å². The Morgan fingerprint density at radius 3 is 2.87 bits per heavy atom. The Morgan fingerprint density at radius 1 is 1.67 bits per heavy atom. The first kappa shape index (κ1) is 10.4. The van der Waals surface area contributed by atoms with E-state index in [1.54, 1.807) is 10.9 Å². The second kappa shape index (κ2) is 4.20. The summed E-state index contributed by atoms with van der Waals surface area (Å²) >= 11 is 0. The van der Waals surface area contributed by atoms with E-state index in [-0.39, 0.29) is 6.04 Å². The van der Waals surface area contributed by atoms with Crippen molar-refractivity contribution in [2.45, 2.75) is 31.7 Å². The van der Waals surface area contributed by atoms with Crippen molar-refractivity contribution in [3.05, 3.63) is 11.8 Å². The third kappa shape index (κ3) is 2.30. The van der Waals surface area contributed by atoms with Gasteiger partial charge in [-0.05, 0) is 18.8 Å². The van der Waals surface area contributed by atoms with Crippen LogP contribution in [0.2, 0.25) is 0 Å². The summed E-state index contributed by atoms with van der Waals surface area (Å²) in [4.78, 5) is 0. The van der Waals surface area contributed by atoms with Crippen molar-refractivity contribution >= 4 is 5.82 Å². The summed E-state index contributed by atoms with van der Waals surface area (Å²) in [6.45, 7) is 0. The quantitative estimate of drug-likeness (QED) is 0.492. The van der Waals surface area contributed by atoms with Crippen LogP contribution in [0.15, 0.2) is 6.20 Å². The van der Waals surface area contributed by atoms with Gasteiger partial charge in [-0.3, -0.25) is 16.0 Å².